The van der Waals surface area contributed by atoms with Gasteiger partial charge in [0.2, 0.25) is 5.91 Å². The van der Waals surface area contributed by atoms with Crippen molar-refractivity contribution in [2.75, 3.05) is 19.8 Å². The smallest absolute Gasteiger partial charge is 0.305 e. The monoisotopic (exact) mass is 876 g/mol. The van der Waals surface area contributed by atoms with Gasteiger partial charge in [-0.3, -0.25) is 9.59 Å². The first-order valence-electron chi connectivity index (χ1n) is 24.5. The van der Waals surface area contributed by atoms with Crippen LogP contribution in [-0.2, 0) is 23.8 Å². The van der Waals surface area contributed by atoms with Gasteiger partial charge in [-0.15, -0.1) is 0 Å². The Balaban J connectivity index is 2.22. The number of unbranched alkanes of at least 4 members (excludes halogenated alkanes) is 19. The van der Waals surface area contributed by atoms with Gasteiger partial charge >= 0.3 is 5.97 Å². The predicted molar refractivity (Wildman–Crippen MR) is 250 cm³/mol. The number of aliphatic hydroxyl groups excluding tert-OH is 5. The molecule has 1 rings (SSSR count). The first-order valence-corrected chi connectivity index (χ1v) is 24.5. The van der Waals surface area contributed by atoms with Crippen LogP contribution >= 0.6 is 0 Å². The van der Waals surface area contributed by atoms with Crippen LogP contribution in [0.15, 0.2) is 60.8 Å². The van der Waals surface area contributed by atoms with E-state index in [1.54, 1.807) is 6.08 Å². The standard InChI is InChI=1S/C51H89NO10/c1-3-5-7-9-11-13-14-19-23-27-31-35-39-47(56)60-40-36-32-28-24-20-17-15-16-18-22-26-30-34-38-46(55)52-43(44(54)37-33-29-25-21-12-10-8-6-4-2)42-61-51-50(59)49(58)48(57)45(41-53)62-51/h4,6,12,16,18,21,26,30,33,37,43-45,48-51,53-54,57-59H,3,5,7-11,13-15,17,19-20,22-25,27-29,31-32,34-36,38-42H2,1-2H3,(H,52,55)/b6-4+,18-16-,21-12+,30-26-,37-33+. The lowest BCUT2D eigenvalue weighted by Crippen LogP contribution is -2.60. The van der Waals surface area contributed by atoms with Crippen molar-refractivity contribution in [1.82, 2.24) is 5.32 Å². The number of rotatable bonds is 40. The number of amides is 1. The van der Waals surface area contributed by atoms with Crippen LogP contribution in [-0.4, -0.2) is 100 Å². The summed E-state index contributed by atoms with van der Waals surface area (Å²) in [6.45, 7) is 3.96. The minimum Gasteiger partial charge on any atom is -0.466 e. The van der Waals surface area contributed by atoms with Crippen molar-refractivity contribution < 1.29 is 49.3 Å². The molecule has 0 aromatic rings. The van der Waals surface area contributed by atoms with Gasteiger partial charge in [0, 0.05) is 12.8 Å². The molecule has 0 aliphatic carbocycles. The molecule has 1 aliphatic heterocycles. The molecule has 1 aliphatic rings. The molecule has 0 aromatic carbocycles. The fraction of sp³-hybridized carbons (Fsp3) is 0.765. The van der Waals surface area contributed by atoms with Crippen LogP contribution < -0.4 is 5.32 Å². The molecule has 1 saturated heterocycles. The first kappa shape index (κ1) is 57.4. The summed E-state index contributed by atoms with van der Waals surface area (Å²) >= 11 is 0. The first-order chi connectivity index (χ1) is 30.2. The third-order valence-electron chi connectivity index (χ3n) is 11.2. The van der Waals surface area contributed by atoms with Gasteiger partial charge in [0.1, 0.15) is 24.4 Å². The largest absolute Gasteiger partial charge is 0.466 e. The summed E-state index contributed by atoms with van der Waals surface area (Å²) in [7, 11) is 0. The molecule has 0 spiro atoms. The fourth-order valence-electron chi connectivity index (χ4n) is 7.23. The minimum absolute atomic E-state index is 0.0422. The van der Waals surface area contributed by atoms with Gasteiger partial charge in [0.15, 0.2) is 6.29 Å². The maximum Gasteiger partial charge on any atom is 0.305 e. The van der Waals surface area contributed by atoms with Gasteiger partial charge in [-0.1, -0.05) is 164 Å². The summed E-state index contributed by atoms with van der Waals surface area (Å²) in [5, 5.41) is 53.9. The molecule has 0 saturated carbocycles. The van der Waals surface area contributed by atoms with Crippen LogP contribution in [0.1, 0.15) is 187 Å². The van der Waals surface area contributed by atoms with Gasteiger partial charge in [0.05, 0.1) is 32.0 Å². The second kappa shape index (κ2) is 41.1. The third-order valence-corrected chi connectivity index (χ3v) is 11.2. The van der Waals surface area contributed by atoms with E-state index in [1.165, 1.54) is 77.0 Å². The summed E-state index contributed by atoms with van der Waals surface area (Å²) < 4.78 is 16.5. The Bertz CT molecular complexity index is 1220. The van der Waals surface area contributed by atoms with E-state index in [0.717, 1.165) is 70.6 Å². The summed E-state index contributed by atoms with van der Waals surface area (Å²) in [6, 6.07) is -0.877. The maximum atomic E-state index is 12.9. The number of ether oxygens (including phenoxy) is 3. The molecule has 0 aromatic heterocycles. The molecule has 1 fully saturated rings. The lowest BCUT2D eigenvalue weighted by atomic mass is 9.99. The fourth-order valence-corrected chi connectivity index (χ4v) is 7.23. The second-order valence-electron chi connectivity index (χ2n) is 16.8. The van der Waals surface area contributed by atoms with E-state index < -0.39 is 49.5 Å². The van der Waals surface area contributed by atoms with Crippen molar-refractivity contribution in [1.29, 1.82) is 0 Å². The van der Waals surface area contributed by atoms with Crippen molar-refractivity contribution >= 4 is 11.9 Å². The van der Waals surface area contributed by atoms with Crippen molar-refractivity contribution in [3.8, 4) is 0 Å². The van der Waals surface area contributed by atoms with Crippen molar-refractivity contribution in [2.45, 2.75) is 230 Å². The van der Waals surface area contributed by atoms with Crippen molar-refractivity contribution in [2.24, 2.45) is 0 Å². The molecule has 0 bridgehead atoms. The zero-order valence-electron chi connectivity index (χ0n) is 38.8. The van der Waals surface area contributed by atoms with Gasteiger partial charge in [-0.25, -0.2) is 0 Å². The SMILES string of the molecule is C/C=C/CC/C=C/CC/C=C/C(O)C(COC1OC(CO)C(O)C(O)C1O)NC(=O)CC/C=C\C/C=C\CCCCCCCCOC(=O)CCCCCCCCCCCCCC. The summed E-state index contributed by atoms with van der Waals surface area (Å²) in [5.41, 5.74) is 0. The molecule has 62 heavy (non-hydrogen) atoms. The van der Waals surface area contributed by atoms with Crippen LogP contribution in [0.4, 0.5) is 0 Å². The van der Waals surface area contributed by atoms with E-state index in [0.29, 0.717) is 25.9 Å². The Morgan fingerprint density at radius 2 is 1.18 bits per heavy atom. The number of hydrogen-bond donors (Lipinski definition) is 6. The maximum absolute atomic E-state index is 12.9. The molecule has 1 heterocycles. The van der Waals surface area contributed by atoms with Crippen molar-refractivity contribution in [3.63, 3.8) is 0 Å². The third kappa shape index (κ3) is 31.2. The van der Waals surface area contributed by atoms with Crippen molar-refractivity contribution in [3.05, 3.63) is 60.8 Å². The van der Waals surface area contributed by atoms with E-state index in [9.17, 15) is 35.1 Å². The summed E-state index contributed by atoms with van der Waals surface area (Å²) in [6.07, 6.45) is 40.6. The van der Waals surface area contributed by atoms with Gasteiger partial charge < -0.3 is 45.1 Å². The highest BCUT2D eigenvalue weighted by Crippen LogP contribution is 2.22. The quantitative estimate of drug-likeness (QED) is 0.0198. The Hall–Kier alpha value is -2.64. The number of esters is 1. The lowest BCUT2D eigenvalue weighted by molar-refractivity contribution is -0.302. The molecule has 11 nitrogen and oxygen atoms in total. The molecule has 1 amide bonds. The highest BCUT2D eigenvalue weighted by molar-refractivity contribution is 5.76. The Morgan fingerprint density at radius 3 is 1.81 bits per heavy atom. The molecular weight excluding hydrogens is 787 g/mol. The second-order valence-corrected chi connectivity index (χ2v) is 16.8. The number of allylic oxidation sites excluding steroid dienone is 9. The van der Waals surface area contributed by atoms with Crippen LogP contribution in [0.25, 0.3) is 0 Å². The number of carbonyl (C=O) groups is 2. The van der Waals surface area contributed by atoms with Gasteiger partial charge in [-0.2, -0.15) is 0 Å². The van der Waals surface area contributed by atoms with Crippen LogP contribution in [0.3, 0.4) is 0 Å². The summed E-state index contributed by atoms with van der Waals surface area (Å²) in [4.78, 5) is 24.9. The Labute approximate surface area is 376 Å². The zero-order chi connectivity index (χ0) is 45.3. The molecule has 0 radical (unpaired) electrons. The molecule has 6 N–H and O–H groups in total. The van der Waals surface area contributed by atoms with E-state index in [4.69, 9.17) is 14.2 Å². The van der Waals surface area contributed by atoms with Gasteiger partial charge in [-0.05, 0) is 71.1 Å². The molecule has 7 unspecified atom stereocenters. The zero-order valence-corrected chi connectivity index (χ0v) is 38.8. The number of hydrogen-bond acceptors (Lipinski definition) is 10. The predicted octanol–water partition coefficient (Wildman–Crippen LogP) is 9.55. The van der Waals surface area contributed by atoms with E-state index in [2.05, 4.69) is 42.6 Å². The highest BCUT2D eigenvalue weighted by Gasteiger charge is 2.44. The number of aliphatic hydroxyl groups is 5. The number of nitrogens with one attached hydrogen (secondary N) is 1. The minimum atomic E-state index is -1.60. The topological polar surface area (TPSA) is 175 Å². The molecular formula is C51H89NO10. The van der Waals surface area contributed by atoms with Crippen LogP contribution in [0.5, 0.6) is 0 Å². The Morgan fingerprint density at radius 1 is 0.629 bits per heavy atom. The lowest BCUT2D eigenvalue weighted by Gasteiger charge is -2.40. The average Bonchev–Trinajstić information content (AvgIpc) is 3.27. The highest BCUT2D eigenvalue weighted by atomic mass is 16.7. The average molecular weight is 876 g/mol. The van der Waals surface area contributed by atoms with E-state index in [-0.39, 0.29) is 24.9 Å². The summed E-state index contributed by atoms with van der Waals surface area (Å²) in [5.74, 6) is -0.324. The molecule has 358 valence electrons. The van der Waals surface area contributed by atoms with E-state index >= 15 is 0 Å². The van der Waals surface area contributed by atoms with Crippen LogP contribution in [0.2, 0.25) is 0 Å². The Kier molecular flexibility index (Phi) is 38.0. The normalized spacial score (nSPS) is 20.7. The number of carbonyl (C=O) groups excluding carboxylic acids is 2. The molecule has 7 atom stereocenters. The molecule has 11 heteroatoms. The van der Waals surface area contributed by atoms with Crippen LogP contribution in [0, 0.1) is 0 Å². The van der Waals surface area contributed by atoms with Gasteiger partial charge in [0.25, 0.3) is 0 Å². The van der Waals surface area contributed by atoms with E-state index in [1.807, 2.05) is 31.2 Å².